The third-order valence-corrected chi connectivity index (χ3v) is 10.6. The summed E-state index contributed by atoms with van der Waals surface area (Å²) in [6, 6.07) is 23.0. The molecule has 0 saturated carbocycles. The van der Waals surface area contributed by atoms with Gasteiger partial charge in [-0.1, -0.05) is 67.9 Å². The van der Waals surface area contributed by atoms with E-state index < -0.39 is 42.4 Å². The van der Waals surface area contributed by atoms with Crippen LogP contribution in [0.1, 0.15) is 50.5 Å². The molecule has 0 unspecified atom stereocenters. The Bertz CT molecular complexity index is 2730. The highest BCUT2D eigenvalue weighted by atomic mass is 79.9. The number of ether oxygens (including phenoxy) is 3. The first-order valence-corrected chi connectivity index (χ1v) is 20.8. The normalized spacial score (nSPS) is 10.6. The average Bonchev–Trinajstić information content (AvgIpc) is 3.32. The third kappa shape index (κ3) is 10.7. The lowest BCUT2D eigenvalue weighted by molar-refractivity contribution is -0.422. The summed E-state index contributed by atoms with van der Waals surface area (Å²) in [6.07, 6.45) is 2.40. The van der Waals surface area contributed by atoms with Crippen LogP contribution in [0.3, 0.4) is 0 Å². The molecule has 336 valence electrons. The van der Waals surface area contributed by atoms with E-state index in [1.807, 2.05) is 52.0 Å². The largest absolute Gasteiger partial charge is 0.497 e. The summed E-state index contributed by atoms with van der Waals surface area (Å²) in [4.78, 5) is 62.0. The second-order valence-electron chi connectivity index (χ2n) is 13.8. The van der Waals surface area contributed by atoms with E-state index in [9.17, 15) is 40.5 Å². The highest BCUT2D eigenvalue weighted by Gasteiger charge is 2.39. The maximum absolute atomic E-state index is 12.5. The Labute approximate surface area is 380 Å². The quantitative estimate of drug-likeness (QED) is 0.0769. The lowest BCUT2D eigenvalue weighted by Gasteiger charge is -2.15. The monoisotopic (exact) mass is 950 g/mol. The molecule has 0 spiro atoms. The molecule has 0 fully saturated rings. The zero-order valence-corrected chi connectivity index (χ0v) is 37.9. The van der Waals surface area contributed by atoms with Crippen LogP contribution >= 0.6 is 15.9 Å². The Morgan fingerprint density at radius 3 is 1.02 bits per heavy atom. The third-order valence-electron chi connectivity index (χ3n) is 10.0. The van der Waals surface area contributed by atoms with Crippen LogP contribution in [0.4, 0.5) is 22.7 Å². The van der Waals surface area contributed by atoms with Crippen molar-refractivity contribution in [3.63, 3.8) is 0 Å². The van der Waals surface area contributed by atoms with Gasteiger partial charge in [0.25, 0.3) is 0 Å². The summed E-state index contributed by atoms with van der Waals surface area (Å²) >= 11 is 3.32. The van der Waals surface area contributed by atoms with Crippen LogP contribution in [0, 0.1) is 40.5 Å². The van der Waals surface area contributed by atoms with Gasteiger partial charge >= 0.3 is 22.7 Å². The van der Waals surface area contributed by atoms with Crippen molar-refractivity contribution in [3.05, 3.63) is 153 Å². The molecule has 20 heteroatoms. The fraction of sp³-hybridized carbons (Fsp3) is 0.244. The number of aryl methyl sites for hydroxylation is 4. The van der Waals surface area contributed by atoms with E-state index in [0.717, 1.165) is 33.7 Å². The smallest absolute Gasteiger partial charge is 0.356 e. The molecule has 0 saturated heterocycles. The lowest BCUT2D eigenvalue weighted by atomic mass is 9.92. The van der Waals surface area contributed by atoms with E-state index in [1.165, 1.54) is 14.2 Å². The van der Waals surface area contributed by atoms with Gasteiger partial charge in [-0.2, -0.15) is 0 Å². The number of hydrogen-bond acceptors (Lipinski definition) is 15. The van der Waals surface area contributed by atoms with Crippen LogP contribution in [0.2, 0.25) is 0 Å². The van der Waals surface area contributed by atoms with E-state index in [-0.39, 0.29) is 22.2 Å². The van der Waals surface area contributed by atoms with Gasteiger partial charge in [-0.3, -0.25) is 40.5 Å². The minimum absolute atomic E-state index is 0.0477. The van der Waals surface area contributed by atoms with Crippen molar-refractivity contribution in [2.75, 3.05) is 21.3 Å². The van der Waals surface area contributed by atoms with Crippen molar-refractivity contribution in [1.82, 2.24) is 19.9 Å². The number of nitrogens with zero attached hydrogens (tertiary/aromatic N) is 8. The first-order valence-electron chi connectivity index (χ1n) is 20.0. The lowest BCUT2D eigenvalue weighted by Crippen LogP contribution is -2.08. The molecule has 0 aliphatic rings. The fourth-order valence-corrected chi connectivity index (χ4v) is 7.15. The van der Waals surface area contributed by atoms with E-state index in [0.29, 0.717) is 70.7 Å². The molecular weight excluding hydrogens is 908 g/mol. The predicted molar refractivity (Wildman–Crippen MR) is 248 cm³/mol. The van der Waals surface area contributed by atoms with Gasteiger partial charge in [0.2, 0.25) is 0 Å². The number of nitro groups is 4. The van der Waals surface area contributed by atoms with Gasteiger partial charge in [-0.25, -0.2) is 19.9 Å². The van der Waals surface area contributed by atoms with Gasteiger partial charge in [-0.05, 0) is 85.3 Å². The molecule has 2 heterocycles. The van der Waals surface area contributed by atoms with Crippen LogP contribution in [0.5, 0.6) is 17.2 Å². The van der Waals surface area contributed by atoms with Crippen molar-refractivity contribution in [2.45, 2.75) is 53.4 Å². The summed E-state index contributed by atoms with van der Waals surface area (Å²) < 4.78 is 16.4. The molecule has 0 aliphatic heterocycles. The molecule has 7 aromatic rings. The molecule has 0 N–H and O–H groups in total. The van der Waals surface area contributed by atoms with Gasteiger partial charge in [-0.15, -0.1) is 0 Å². The molecule has 5 aromatic carbocycles. The Morgan fingerprint density at radius 1 is 0.462 bits per heavy atom. The summed E-state index contributed by atoms with van der Waals surface area (Å²) in [5.41, 5.74) is 2.44. The van der Waals surface area contributed by atoms with Crippen LogP contribution in [-0.4, -0.2) is 61.0 Å². The van der Waals surface area contributed by atoms with E-state index in [2.05, 4.69) is 25.9 Å². The summed E-state index contributed by atoms with van der Waals surface area (Å²) in [7, 11) is 4.67. The van der Waals surface area contributed by atoms with Gasteiger partial charge in [0, 0.05) is 4.47 Å². The minimum Gasteiger partial charge on any atom is -0.497 e. The molecule has 19 nitrogen and oxygen atoms in total. The number of rotatable bonds is 13. The molecule has 0 aliphatic carbocycles. The van der Waals surface area contributed by atoms with Crippen molar-refractivity contribution in [1.29, 1.82) is 0 Å². The Kier molecular flexibility index (Phi) is 16.0. The second kappa shape index (κ2) is 21.6. The topological polar surface area (TPSA) is 252 Å². The molecule has 2 aromatic heterocycles. The molecular formula is C45H43BrN8O11. The number of hydrogen-bond donors (Lipinski definition) is 0. The van der Waals surface area contributed by atoms with Crippen LogP contribution < -0.4 is 14.2 Å². The van der Waals surface area contributed by atoms with Crippen LogP contribution in [0.25, 0.3) is 44.3 Å². The minimum atomic E-state index is -0.779. The number of methoxy groups -OCH3 is 3. The van der Waals surface area contributed by atoms with E-state index in [1.54, 1.807) is 55.6 Å². The first kappa shape index (κ1) is 48.3. The van der Waals surface area contributed by atoms with Crippen molar-refractivity contribution in [3.8, 4) is 39.5 Å². The number of fused-ring (bicyclic) bond motifs is 2. The summed E-state index contributed by atoms with van der Waals surface area (Å²) in [5, 5.41) is 46.7. The molecule has 0 atom stereocenters. The summed E-state index contributed by atoms with van der Waals surface area (Å²) in [5.74, 6) is 1.98. The second-order valence-corrected chi connectivity index (χ2v) is 14.7. The zero-order chi connectivity index (χ0) is 47.5. The average molecular weight is 952 g/mol. The number of aromatic nitrogens is 4. The van der Waals surface area contributed by atoms with E-state index >= 15 is 0 Å². The summed E-state index contributed by atoms with van der Waals surface area (Å²) in [6.45, 7) is 7.67. The molecule has 0 radical (unpaired) electrons. The Balaban J connectivity index is 0.000000227. The number of nitro benzene ring substituents is 4. The maximum atomic E-state index is 12.5. The van der Waals surface area contributed by atoms with Crippen LogP contribution in [-0.2, 0) is 25.7 Å². The van der Waals surface area contributed by atoms with Crippen molar-refractivity contribution in [2.24, 2.45) is 0 Å². The molecule has 0 amide bonds. The Morgan fingerprint density at radius 2 is 0.754 bits per heavy atom. The first-order chi connectivity index (χ1) is 31.1. The molecule has 7 rings (SSSR count). The number of benzene rings is 5. The van der Waals surface area contributed by atoms with Gasteiger partial charge in [0.05, 0.1) is 98.1 Å². The standard InChI is InChI=1S/C26H24N4O6.C12H12N4O4.C7H7BrO/c1-5-19-20(6-2)28-24-22(16-9-13-18(36-4)14-10-16)26(30(33)34)25(29(31)32)21(23(24)27-19)15-7-11-17(35-3)12-8-15;1-3-7-8(4-2)14-10-6-12(16(19)20)11(15(17)18)5-9(10)13-7;1-9-7-4-2-6(8)3-5-7/h7-14H,5-6H2,1-4H3;5-6H,3-4H2,1-2H3;2-5H,1H3. The van der Waals surface area contributed by atoms with Gasteiger partial charge in [0.15, 0.2) is 0 Å². The van der Waals surface area contributed by atoms with Gasteiger partial charge in [0.1, 0.15) is 28.3 Å². The SMILES string of the molecule is CCc1nc2c(-c3ccc(OC)cc3)c([N+](=O)[O-])c([N+](=O)[O-])c(-c3ccc(OC)cc3)c2nc1CC.CCc1nc2cc([N+](=O)[O-])c([N+](=O)[O-])cc2nc1CC.COc1ccc(Br)cc1. The maximum Gasteiger partial charge on any atom is 0.356 e. The molecule has 65 heavy (non-hydrogen) atoms. The number of halogens is 1. The predicted octanol–water partition coefficient (Wildman–Crippen LogP) is 11.0. The molecule has 0 bridgehead atoms. The highest BCUT2D eigenvalue weighted by Crippen LogP contribution is 2.49. The van der Waals surface area contributed by atoms with Crippen LogP contribution in [0.15, 0.2) is 89.4 Å². The highest BCUT2D eigenvalue weighted by molar-refractivity contribution is 9.10. The van der Waals surface area contributed by atoms with Crippen molar-refractivity contribution >= 4 is 60.7 Å². The van der Waals surface area contributed by atoms with Gasteiger partial charge < -0.3 is 14.2 Å². The van der Waals surface area contributed by atoms with Crippen molar-refractivity contribution < 1.29 is 33.9 Å². The Hall–Kier alpha value is -7.74. The fourth-order valence-electron chi connectivity index (χ4n) is 6.88. The van der Waals surface area contributed by atoms with E-state index in [4.69, 9.17) is 24.2 Å². The zero-order valence-electron chi connectivity index (χ0n) is 36.4.